The highest BCUT2D eigenvalue weighted by Crippen LogP contribution is 2.15. The van der Waals surface area contributed by atoms with E-state index >= 15 is 0 Å². The predicted molar refractivity (Wildman–Crippen MR) is 84.6 cm³/mol. The molecular weight excluding hydrogens is 204 g/mol. The van der Waals surface area contributed by atoms with Gasteiger partial charge < -0.3 is 0 Å². The zero-order valence-electron chi connectivity index (χ0n) is 12.6. The Hall–Kier alpha value is -0.520. The molecule has 0 saturated heterocycles. The van der Waals surface area contributed by atoms with Crippen LogP contribution in [0.15, 0.2) is 26.3 Å². The van der Waals surface area contributed by atoms with Crippen molar-refractivity contribution in [1.82, 2.24) is 0 Å². The third kappa shape index (κ3) is 31.3. The van der Waals surface area contributed by atoms with Crippen LogP contribution in [-0.4, -0.2) is 0 Å². The van der Waals surface area contributed by atoms with Crippen LogP contribution in [0.1, 0.15) is 84.5 Å². The Balaban J connectivity index is -0.000000155. The summed E-state index contributed by atoms with van der Waals surface area (Å²) in [7, 11) is 0. The lowest BCUT2D eigenvalue weighted by Gasteiger charge is -1.67. The van der Waals surface area contributed by atoms with Gasteiger partial charge in [-0.3, -0.25) is 0 Å². The van der Waals surface area contributed by atoms with E-state index < -0.39 is 0 Å². The predicted octanol–water partition coefficient (Wildman–Crippen LogP) is 6.92. The van der Waals surface area contributed by atoms with Crippen molar-refractivity contribution in [1.29, 1.82) is 0 Å². The van der Waals surface area contributed by atoms with E-state index in [-0.39, 0.29) is 0 Å². The molecule has 0 spiro atoms. The molecule has 0 bridgehead atoms. The molecule has 0 atom stereocenters. The van der Waals surface area contributed by atoms with Gasteiger partial charge in [0, 0.05) is 0 Å². The summed E-state index contributed by atoms with van der Waals surface area (Å²) in [5.74, 6) is 0. The van der Waals surface area contributed by atoms with Crippen molar-refractivity contribution >= 4 is 0 Å². The molecule has 2 rings (SSSR count). The van der Waals surface area contributed by atoms with Crippen molar-refractivity contribution in [2.45, 2.75) is 84.5 Å². The van der Waals surface area contributed by atoms with Gasteiger partial charge >= 0.3 is 0 Å². The van der Waals surface area contributed by atoms with Gasteiger partial charge in [0.25, 0.3) is 0 Å². The second-order valence-electron chi connectivity index (χ2n) is 4.24. The maximum Gasteiger partial charge on any atom is -0.0533 e. The monoisotopic (exact) mass is 240 g/mol. The van der Waals surface area contributed by atoms with E-state index in [0.717, 1.165) is 0 Å². The van der Waals surface area contributed by atoms with Crippen molar-refractivity contribution in [2.75, 3.05) is 0 Å². The van der Waals surface area contributed by atoms with Crippen LogP contribution in [0.25, 0.3) is 0 Å². The quantitative estimate of drug-likeness (QED) is 0.403. The molecule has 0 aliphatic heterocycles. The Kier molecular flexibility index (Phi) is 37.8. The molecule has 17 heavy (non-hydrogen) atoms. The Morgan fingerprint density at radius 3 is 0.588 bits per heavy atom. The molecule has 0 aromatic rings. The lowest BCUT2D eigenvalue weighted by molar-refractivity contribution is 0.886. The molecule has 2 fully saturated rings. The van der Waals surface area contributed by atoms with E-state index in [0.29, 0.717) is 0 Å². The SMILES string of the molecule is C1CCCC1.C1CCCC1.C=C.C=C.CCC. The maximum atomic E-state index is 3.00. The normalized spacial score (nSPS) is 15.6. The number of rotatable bonds is 0. The van der Waals surface area contributed by atoms with Gasteiger partial charge in [0.05, 0.1) is 0 Å². The molecule has 0 aromatic heterocycles. The van der Waals surface area contributed by atoms with Gasteiger partial charge in [0.1, 0.15) is 0 Å². The van der Waals surface area contributed by atoms with Gasteiger partial charge in [-0.25, -0.2) is 0 Å². The lowest BCUT2D eigenvalue weighted by Crippen LogP contribution is -1.47. The molecule has 0 aromatic carbocycles. The van der Waals surface area contributed by atoms with Crippen LogP contribution in [-0.2, 0) is 0 Å². The Bertz CT molecular complexity index is 61.0. The van der Waals surface area contributed by atoms with Crippen LogP contribution in [0.2, 0.25) is 0 Å². The highest BCUT2D eigenvalue weighted by atomic mass is 14.0. The fraction of sp³-hybridized carbons (Fsp3) is 0.765. The number of hydrogen-bond acceptors (Lipinski definition) is 0. The summed E-state index contributed by atoms with van der Waals surface area (Å²) in [5.41, 5.74) is 0. The van der Waals surface area contributed by atoms with Crippen LogP contribution in [0.5, 0.6) is 0 Å². The molecule has 2 aliphatic carbocycles. The third-order valence-electron chi connectivity index (χ3n) is 2.50. The van der Waals surface area contributed by atoms with Gasteiger partial charge in [-0.05, 0) is 0 Å². The van der Waals surface area contributed by atoms with Gasteiger partial charge in [-0.1, -0.05) is 84.5 Å². The van der Waals surface area contributed by atoms with Gasteiger partial charge in [-0.2, -0.15) is 0 Å². The van der Waals surface area contributed by atoms with E-state index in [1.54, 1.807) is 0 Å². The van der Waals surface area contributed by atoms with E-state index in [1.807, 2.05) is 0 Å². The van der Waals surface area contributed by atoms with Crippen LogP contribution >= 0.6 is 0 Å². The van der Waals surface area contributed by atoms with Crippen molar-refractivity contribution in [3.63, 3.8) is 0 Å². The first-order chi connectivity index (χ1) is 8.41. The largest absolute Gasteiger partial charge is 0.106 e. The van der Waals surface area contributed by atoms with Gasteiger partial charge in [-0.15, -0.1) is 26.3 Å². The molecule has 0 nitrogen and oxygen atoms in total. The molecule has 0 heterocycles. The minimum atomic E-state index is 1.25. The van der Waals surface area contributed by atoms with Crippen molar-refractivity contribution in [3.05, 3.63) is 26.3 Å². The second-order valence-corrected chi connectivity index (χ2v) is 4.24. The zero-order valence-corrected chi connectivity index (χ0v) is 12.6. The summed E-state index contributed by atoms with van der Waals surface area (Å²) >= 11 is 0. The lowest BCUT2D eigenvalue weighted by atomic mass is 10.4. The smallest absolute Gasteiger partial charge is 0.0533 e. The summed E-state index contributed by atoms with van der Waals surface area (Å²) in [6.45, 7) is 16.2. The van der Waals surface area contributed by atoms with E-state index in [2.05, 4.69) is 40.2 Å². The summed E-state index contributed by atoms with van der Waals surface area (Å²) in [4.78, 5) is 0. The summed E-state index contributed by atoms with van der Waals surface area (Å²) in [6.07, 6.45) is 16.2. The first kappa shape index (κ1) is 21.7. The average molecular weight is 240 g/mol. The molecule has 0 amide bonds. The summed E-state index contributed by atoms with van der Waals surface area (Å²) in [5, 5.41) is 0. The van der Waals surface area contributed by atoms with Crippen LogP contribution in [0.3, 0.4) is 0 Å². The average Bonchev–Trinajstić information content (AvgIpc) is 3.13. The van der Waals surface area contributed by atoms with Gasteiger partial charge in [0.15, 0.2) is 0 Å². The van der Waals surface area contributed by atoms with Crippen LogP contribution in [0.4, 0.5) is 0 Å². The van der Waals surface area contributed by atoms with Crippen molar-refractivity contribution < 1.29 is 0 Å². The molecule has 104 valence electrons. The van der Waals surface area contributed by atoms with Gasteiger partial charge in [0.2, 0.25) is 0 Å². The summed E-state index contributed by atoms with van der Waals surface area (Å²) < 4.78 is 0. The first-order valence-corrected chi connectivity index (χ1v) is 7.41. The molecule has 0 radical (unpaired) electrons. The molecular formula is C17H36. The highest BCUT2D eigenvalue weighted by Gasteiger charge is 1.95. The third-order valence-corrected chi connectivity index (χ3v) is 2.50. The minimum absolute atomic E-state index is 1.25. The Labute approximate surface area is 111 Å². The first-order valence-electron chi connectivity index (χ1n) is 7.41. The van der Waals surface area contributed by atoms with Crippen LogP contribution in [0, 0.1) is 0 Å². The molecule has 0 N–H and O–H groups in total. The standard InChI is InChI=1S/2C5H10.C3H8.2C2H4/c2*1-2-4-5-3-1;1-3-2;2*1-2/h2*1-5H2;3H2,1-2H3;2*1-2H2. The van der Waals surface area contributed by atoms with Crippen molar-refractivity contribution in [3.8, 4) is 0 Å². The molecule has 2 saturated carbocycles. The fourth-order valence-corrected chi connectivity index (χ4v) is 1.77. The number of hydrogen-bond donors (Lipinski definition) is 0. The topological polar surface area (TPSA) is 0 Å². The van der Waals surface area contributed by atoms with Crippen molar-refractivity contribution in [2.24, 2.45) is 0 Å². The van der Waals surface area contributed by atoms with E-state index in [4.69, 9.17) is 0 Å². The van der Waals surface area contributed by atoms with Crippen LogP contribution < -0.4 is 0 Å². The minimum Gasteiger partial charge on any atom is -0.106 e. The second kappa shape index (κ2) is 29.6. The Morgan fingerprint density at radius 1 is 0.471 bits per heavy atom. The highest BCUT2D eigenvalue weighted by molar-refractivity contribution is 4.51. The fourth-order valence-electron chi connectivity index (χ4n) is 1.77. The Morgan fingerprint density at radius 2 is 0.529 bits per heavy atom. The maximum absolute atomic E-state index is 3.00. The van der Waals surface area contributed by atoms with E-state index in [1.165, 1.54) is 70.6 Å². The molecule has 0 unspecified atom stereocenters. The molecule has 2 aliphatic rings. The van der Waals surface area contributed by atoms with E-state index in [9.17, 15) is 0 Å². The summed E-state index contributed by atoms with van der Waals surface area (Å²) in [6, 6.07) is 0. The zero-order chi connectivity index (χ0) is 13.8. The molecule has 0 heteroatoms.